The van der Waals surface area contributed by atoms with E-state index in [1.807, 2.05) is 6.07 Å². The Morgan fingerprint density at radius 3 is 2.24 bits per heavy atom. The second-order valence-electron chi connectivity index (χ2n) is 3.89. The zero-order valence-electron chi connectivity index (χ0n) is 10.4. The molecule has 2 rings (SSSR count). The van der Waals surface area contributed by atoms with Crippen molar-refractivity contribution < 1.29 is 9.59 Å². The highest BCUT2D eigenvalue weighted by atomic mass is 127. The number of nitrogens with one attached hydrogen (secondary N) is 2. The molecule has 0 fully saturated rings. The molecule has 2 amide bonds. The maximum absolute atomic E-state index is 12.2. The van der Waals surface area contributed by atoms with Crippen LogP contribution in [-0.4, -0.2) is 16.8 Å². The fraction of sp³-hybridized carbons (Fsp3) is 0. The lowest BCUT2D eigenvalue weighted by molar-refractivity contribution is 0.0846. The Bertz CT molecular complexity index is 693. The molecule has 2 N–H and O–H groups in total. The number of amides is 2. The first-order chi connectivity index (χ1) is 9.99. The van der Waals surface area contributed by atoms with Gasteiger partial charge in [-0.3, -0.25) is 25.4 Å². The highest BCUT2D eigenvalue weighted by molar-refractivity contribution is 14.1. The first-order valence-corrected chi connectivity index (χ1v) is 8.88. The molecule has 1 aromatic carbocycles. The van der Waals surface area contributed by atoms with Crippen molar-refractivity contribution in [3.05, 3.63) is 58.5 Å². The molecule has 0 spiro atoms. The minimum atomic E-state index is -0.388. The fourth-order valence-corrected chi connectivity index (χ4v) is 3.88. The summed E-state index contributed by atoms with van der Waals surface area (Å²) >= 11 is 6.44. The SMILES string of the molecule is O=C(NNC(=O)c1cc(I)cc(I)c1I)c1ccncc1. The van der Waals surface area contributed by atoms with Crippen LogP contribution in [0.25, 0.3) is 0 Å². The van der Waals surface area contributed by atoms with E-state index in [1.54, 1.807) is 18.2 Å². The van der Waals surface area contributed by atoms with Gasteiger partial charge in [-0.15, -0.1) is 0 Å². The van der Waals surface area contributed by atoms with E-state index >= 15 is 0 Å². The number of nitrogens with zero attached hydrogens (tertiary/aromatic N) is 1. The topological polar surface area (TPSA) is 71.1 Å². The number of rotatable bonds is 2. The van der Waals surface area contributed by atoms with Crippen LogP contribution in [0.3, 0.4) is 0 Å². The molecule has 2 aromatic rings. The normalized spacial score (nSPS) is 10.0. The first kappa shape index (κ1) is 16.9. The fourth-order valence-electron chi connectivity index (χ4n) is 1.48. The Balaban J connectivity index is 2.08. The van der Waals surface area contributed by atoms with Gasteiger partial charge in [0.05, 0.1) is 5.56 Å². The third-order valence-electron chi connectivity index (χ3n) is 2.47. The summed E-state index contributed by atoms with van der Waals surface area (Å²) in [6.45, 7) is 0. The van der Waals surface area contributed by atoms with E-state index in [2.05, 4.69) is 83.6 Å². The largest absolute Gasteiger partial charge is 0.270 e. The van der Waals surface area contributed by atoms with E-state index in [0.717, 1.165) is 10.7 Å². The van der Waals surface area contributed by atoms with Crippen LogP contribution in [-0.2, 0) is 0 Å². The lowest BCUT2D eigenvalue weighted by Gasteiger charge is -2.10. The van der Waals surface area contributed by atoms with Gasteiger partial charge in [-0.1, -0.05) is 0 Å². The molecule has 1 aromatic heterocycles. The Morgan fingerprint density at radius 1 is 0.952 bits per heavy atom. The van der Waals surface area contributed by atoms with Crippen LogP contribution in [0.1, 0.15) is 20.7 Å². The van der Waals surface area contributed by atoms with Gasteiger partial charge in [0.15, 0.2) is 0 Å². The number of hydrazine groups is 1. The van der Waals surface area contributed by atoms with Gasteiger partial charge < -0.3 is 0 Å². The molecule has 0 bridgehead atoms. The van der Waals surface area contributed by atoms with Gasteiger partial charge in [0.2, 0.25) is 0 Å². The molecule has 0 saturated heterocycles. The van der Waals surface area contributed by atoms with Crippen LogP contribution in [0, 0.1) is 10.7 Å². The number of hydrogen-bond donors (Lipinski definition) is 2. The molecule has 0 unspecified atom stereocenters. The van der Waals surface area contributed by atoms with Gasteiger partial charge in [0.25, 0.3) is 11.8 Å². The van der Waals surface area contributed by atoms with Crippen molar-refractivity contribution in [2.45, 2.75) is 0 Å². The van der Waals surface area contributed by atoms with E-state index < -0.39 is 0 Å². The lowest BCUT2D eigenvalue weighted by Crippen LogP contribution is -2.42. The molecule has 0 saturated carbocycles. The predicted molar refractivity (Wildman–Crippen MR) is 104 cm³/mol. The number of carbonyl (C=O) groups excluding carboxylic acids is 2. The van der Waals surface area contributed by atoms with Crippen molar-refractivity contribution in [2.24, 2.45) is 0 Å². The number of carbonyl (C=O) groups is 2. The molecular formula is C13H8I3N3O2. The van der Waals surface area contributed by atoms with Crippen molar-refractivity contribution in [1.29, 1.82) is 0 Å². The minimum Gasteiger partial charge on any atom is -0.267 e. The zero-order valence-corrected chi connectivity index (χ0v) is 16.8. The lowest BCUT2D eigenvalue weighted by atomic mass is 10.2. The summed E-state index contributed by atoms with van der Waals surface area (Å²) in [6.07, 6.45) is 3.03. The maximum Gasteiger partial charge on any atom is 0.270 e. The second-order valence-corrected chi connectivity index (χ2v) is 7.38. The summed E-state index contributed by atoms with van der Waals surface area (Å²) in [5.74, 6) is -0.737. The monoisotopic (exact) mass is 619 g/mol. The number of benzene rings is 1. The summed E-state index contributed by atoms with van der Waals surface area (Å²) in [5.41, 5.74) is 5.77. The molecule has 1 heterocycles. The average molecular weight is 619 g/mol. The van der Waals surface area contributed by atoms with Crippen molar-refractivity contribution in [3.63, 3.8) is 0 Å². The van der Waals surface area contributed by atoms with Gasteiger partial charge in [-0.2, -0.15) is 0 Å². The maximum atomic E-state index is 12.2. The highest BCUT2D eigenvalue weighted by Gasteiger charge is 2.14. The van der Waals surface area contributed by atoms with Crippen molar-refractivity contribution in [2.75, 3.05) is 0 Å². The minimum absolute atomic E-state index is 0.349. The summed E-state index contributed by atoms with van der Waals surface area (Å²) in [7, 11) is 0. The smallest absolute Gasteiger partial charge is 0.267 e. The molecule has 0 atom stereocenters. The number of pyridine rings is 1. The zero-order chi connectivity index (χ0) is 15.4. The van der Waals surface area contributed by atoms with Crippen LogP contribution in [0.5, 0.6) is 0 Å². The summed E-state index contributed by atoms with van der Waals surface area (Å²) < 4.78 is 2.80. The molecule has 0 aliphatic rings. The first-order valence-electron chi connectivity index (χ1n) is 5.64. The van der Waals surface area contributed by atoms with Gasteiger partial charge >= 0.3 is 0 Å². The standard InChI is InChI=1S/C13H8I3N3O2/c14-8-5-9(11(16)10(15)6-8)13(21)19-18-12(20)7-1-3-17-4-2-7/h1-6H,(H,18,20)(H,19,21). The van der Waals surface area contributed by atoms with E-state index in [0.29, 0.717) is 11.1 Å². The molecule has 0 aliphatic carbocycles. The molecule has 108 valence electrons. The number of halogens is 3. The summed E-state index contributed by atoms with van der Waals surface area (Å²) in [6, 6.07) is 6.90. The second kappa shape index (κ2) is 7.67. The number of aromatic nitrogens is 1. The van der Waals surface area contributed by atoms with Crippen molar-refractivity contribution >= 4 is 79.6 Å². The van der Waals surface area contributed by atoms with Crippen LogP contribution < -0.4 is 10.9 Å². The highest BCUT2D eigenvalue weighted by Crippen LogP contribution is 2.22. The Kier molecular flexibility index (Phi) is 6.16. The van der Waals surface area contributed by atoms with Crippen LogP contribution in [0.4, 0.5) is 0 Å². The van der Waals surface area contributed by atoms with Gasteiger partial charge in [0, 0.05) is 28.7 Å². The van der Waals surface area contributed by atoms with Crippen LogP contribution in [0.2, 0.25) is 0 Å². The van der Waals surface area contributed by atoms with Crippen LogP contribution in [0.15, 0.2) is 36.7 Å². The Hall–Kier alpha value is -0.500. The Morgan fingerprint density at radius 2 is 1.57 bits per heavy atom. The summed E-state index contributed by atoms with van der Waals surface area (Å²) in [5, 5.41) is 0. The molecular weight excluding hydrogens is 611 g/mol. The van der Waals surface area contributed by atoms with E-state index in [9.17, 15) is 9.59 Å². The predicted octanol–water partition coefficient (Wildman–Crippen LogP) is 2.97. The van der Waals surface area contributed by atoms with Crippen LogP contribution >= 0.6 is 67.8 Å². The molecule has 0 aliphatic heterocycles. The number of hydrogen-bond acceptors (Lipinski definition) is 3. The molecule has 8 heteroatoms. The van der Waals surface area contributed by atoms with E-state index in [-0.39, 0.29) is 11.8 Å². The van der Waals surface area contributed by atoms with E-state index in [4.69, 9.17) is 0 Å². The quantitative estimate of drug-likeness (QED) is 0.309. The Labute approximate surface area is 162 Å². The van der Waals surface area contributed by atoms with Crippen molar-refractivity contribution in [1.82, 2.24) is 15.8 Å². The van der Waals surface area contributed by atoms with Gasteiger partial charge in [0.1, 0.15) is 0 Å². The molecule has 0 radical (unpaired) electrons. The van der Waals surface area contributed by atoms with Crippen molar-refractivity contribution in [3.8, 4) is 0 Å². The van der Waals surface area contributed by atoms with E-state index in [1.165, 1.54) is 12.4 Å². The van der Waals surface area contributed by atoms with Gasteiger partial charge in [-0.25, -0.2) is 0 Å². The third-order valence-corrected chi connectivity index (χ3v) is 6.14. The summed E-state index contributed by atoms with van der Waals surface area (Å²) in [4.78, 5) is 27.8. The molecule has 21 heavy (non-hydrogen) atoms. The third kappa shape index (κ3) is 4.48. The van der Waals surface area contributed by atoms with Gasteiger partial charge in [-0.05, 0) is 92.0 Å². The average Bonchev–Trinajstić information content (AvgIpc) is 2.49. The molecule has 5 nitrogen and oxygen atoms in total.